The van der Waals surface area contributed by atoms with Gasteiger partial charge < -0.3 is 10.2 Å². The van der Waals surface area contributed by atoms with Crippen LogP contribution in [0.2, 0.25) is 5.02 Å². The predicted octanol–water partition coefficient (Wildman–Crippen LogP) is 2.87. The second kappa shape index (κ2) is 7.09. The van der Waals surface area contributed by atoms with Crippen molar-refractivity contribution in [1.29, 1.82) is 0 Å². The minimum absolute atomic E-state index is 0.0705. The van der Waals surface area contributed by atoms with Crippen molar-refractivity contribution in [3.05, 3.63) is 34.9 Å². The molecule has 1 aromatic rings. The van der Waals surface area contributed by atoms with Gasteiger partial charge in [-0.25, -0.2) is 0 Å². The van der Waals surface area contributed by atoms with Crippen molar-refractivity contribution in [1.82, 2.24) is 10.2 Å². The molecule has 1 aliphatic heterocycles. The lowest BCUT2D eigenvalue weighted by Crippen LogP contribution is -2.46. The number of benzene rings is 1. The summed E-state index contributed by atoms with van der Waals surface area (Å²) in [6.07, 6.45) is 2.43. The Morgan fingerprint density at radius 2 is 2.00 bits per heavy atom. The van der Waals surface area contributed by atoms with Crippen molar-refractivity contribution < 1.29 is 4.79 Å². The van der Waals surface area contributed by atoms with Gasteiger partial charge in [0, 0.05) is 30.2 Å². The van der Waals surface area contributed by atoms with E-state index in [1.807, 2.05) is 24.3 Å². The van der Waals surface area contributed by atoms with Crippen LogP contribution >= 0.6 is 11.6 Å². The Morgan fingerprint density at radius 1 is 1.35 bits per heavy atom. The zero-order valence-electron chi connectivity index (χ0n) is 12.2. The molecule has 0 spiro atoms. The van der Waals surface area contributed by atoms with Crippen LogP contribution < -0.4 is 5.32 Å². The third kappa shape index (κ3) is 4.22. The Labute approximate surface area is 126 Å². The highest BCUT2D eigenvalue weighted by molar-refractivity contribution is 6.31. The average Bonchev–Trinajstić information content (AvgIpc) is 2.42. The summed E-state index contributed by atoms with van der Waals surface area (Å²) < 4.78 is 0. The molecule has 2 rings (SSSR count). The van der Waals surface area contributed by atoms with Gasteiger partial charge in [-0.1, -0.05) is 29.8 Å². The van der Waals surface area contributed by atoms with Gasteiger partial charge in [0.15, 0.2) is 0 Å². The van der Waals surface area contributed by atoms with Crippen molar-refractivity contribution in [3.63, 3.8) is 0 Å². The predicted molar refractivity (Wildman–Crippen MR) is 83.0 cm³/mol. The maximum atomic E-state index is 12.1. The summed E-state index contributed by atoms with van der Waals surface area (Å²) >= 11 is 6.08. The van der Waals surface area contributed by atoms with E-state index in [0.717, 1.165) is 31.5 Å². The molecule has 1 heterocycles. The molecule has 3 nitrogen and oxygen atoms in total. The second-order valence-electron chi connectivity index (χ2n) is 5.74. The van der Waals surface area contributed by atoms with Gasteiger partial charge in [-0.05, 0) is 38.3 Å². The lowest BCUT2D eigenvalue weighted by Gasteiger charge is -2.34. The molecule has 0 atom stereocenters. The molecule has 0 aromatic heterocycles. The fourth-order valence-corrected chi connectivity index (χ4v) is 2.86. The Balaban J connectivity index is 1.80. The van der Waals surface area contributed by atoms with Gasteiger partial charge in [-0.3, -0.25) is 4.79 Å². The zero-order chi connectivity index (χ0) is 14.5. The molecule has 110 valence electrons. The van der Waals surface area contributed by atoms with Gasteiger partial charge in [0.25, 0.3) is 0 Å². The number of nitrogens with zero attached hydrogens (tertiary/aromatic N) is 1. The lowest BCUT2D eigenvalue weighted by molar-refractivity contribution is -0.121. The molecule has 0 saturated carbocycles. The first-order valence-corrected chi connectivity index (χ1v) is 7.71. The Bertz CT molecular complexity index is 454. The maximum Gasteiger partial charge on any atom is 0.224 e. The number of likely N-dealkylation sites (tertiary alicyclic amines) is 1. The summed E-state index contributed by atoms with van der Waals surface area (Å²) in [4.78, 5) is 14.5. The van der Waals surface area contributed by atoms with E-state index in [1.54, 1.807) is 0 Å². The van der Waals surface area contributed by atoms with E-state index in [-0.39, 0.29) is 5.91 Å². The molecule has 1 amide bonds. The largest absolute Gasteiger partial charge is 0.353 e. The molecule has 4 heteroatoms. The first-order valence-electron chi connectivity index (χ1n) is 7.33. The first kappa shape index (κ1) is 15.3. The Kier molecular flexibility index (Phi) is 5.44. The number of nitrogens with one attached hydrogen (secondary N) is 1. The summed E-state index contributed by atoms with van der Waals surface area (Å²) in [5.41, 5.74) is 0.895. The van der Waals surface area contributed by atoms with Crippen LogP contribution in [-0.2, 0) is 11.2 Å². The summed E-state index contributed by atoms with van der Waals surface area (Å²) in [6.45, 7) is 6.57. The molecule has 20 heavy (non-hydrogen) atoms. The van der Waals surface area contributed by atoms with Crippen LogP contribution in [0.3, 0.4) is 0 Å². The smallest absolute Gasteiger partial charge is 0.224 e. The molecule has 0 unspecified atom stereocenters. The highest BCUT2D eigenvalue weighted by Crippen LogP contribution is 2.16. The molecule has 0 aliphatic carbocycles. The van der Waals surface area contributed by atoms with Gasteiger partial charge >= 0.3 is 0 Å². The normalized spacial score (nSPS) is 17.4. The minimum atomic E-state index is 0.0705. The summed E-state index contributed by atoms with van der Waals surface area (Å²) in [5.74, 6) is 0.0705. The average molecular weight is 295 g/mol. The van der Waals surface area contributed by atoms with Crippen molar-refractivity contribution in [2.24, 2.45) is 0 Å². The third-order valence-electron chi connectivity index (χ3n) is 3.93. The highest BCUT2D eigenvalue weighted by Gasteiger charge is 2.22. The van der Waals surface area contributed by atoms with Crippen molar-refractivity contribution in [2.75, 3.05) is 13.1 Å². The first-order chi connectivity index (χ1) is 9.56. The number of piperidine rings is 1. The van der Waals surface area contributed by atoms with Crippen LogP contribution in [0.4, 0.5) is 0 Å². The van der Waals surface area contributed by atoms with Crippen LogP contribution in [0.5, 0.6) is 0 Å². The zero-order valence-corrected chi connectivity index (χ0v) is 13.0. The summed E-state index contributed by atoms with van der Waals surface area (Å²) in [6, 6.07) is 8.42. The SMILES string of the molecule is CC(C)N1CCC(NC(=O)Cc2ccccc2Cl)CC1. The van der Waals surface area contributed by atoms with E-state index in [4.69, 9.17) is 11.6 Å². The number of rotatable bonds is 4. The standard InChI is InChI=1S/C16H23ClN2O/c1-12(2)19-9-7-14(8-10-19)18-16(20)11-13-5-3-4-6-15(13)17/h3-6,12,14H,7-11H2,1-2H3,(H,18,20). The summed E-state index contributed by atoms with van der Waals surface area (Å²) in [5, 5.41) is 3.79. The van der Waals surface area contributed by atoms with Crippen LogP contribution in [0.15, 0.2) is 24.3 Å². The van der Waals surface area contributed by atoms with E-state index >= 15 is 0 Å². The van der Waals surface area contributed by atoms with Crippen molar-refractivity contribution >= 4 is 17.5 Å². The molecular weight excluding hydrogens is 272 g/mol. The molecule has 0 bridgehead atoms. The van der Waals surface area contributed by atoms with Gasteiger partial charge in [-0.15, -0.1) is 0 Å². The van der Waals surface area contributed by atoms with Gasteiger partial charge in [-0.2, -0.15) is 0 Å². The highest BCUT2D eigenvalue weighted by atomic mass is 35.5. The number of carbonyl (C=O) groups is 1. The number of hydrogen-bond acceptors (Lipinski definition) is 2. The van der Waals surface area contributed by atoms with Crippen molar-refractivity contribution in [2.45, 2.75) is 45.2 Å². The van der Waals surface area contributed by atoms with Gasteiger partial charge in [0.2, 0.25) is 5.91 Å². The Morgan fingerprint density at radius 3 is 2.60 bits per heavy atom. The van der Waals surface area contributed by atoms with Crippen LogP contribution in [0.25, 0.3) is 0 Å². The van der Waals surface area contributed by atoms with E-state index in [0.29, 0.717) is 23.5 Å². The van der Waals surface area contributed by atoms with E-state index in [1.165, 1.54) is 0 Å². The van der Waals surface area contributed by atoms with Crippen LogP contribution in [0.1, 0.15) is 32.3 Å². The van der Waals surface area contributed by atoms with Gasteiger partial charge in [0.1, 0.15) is 0 Å². The summed E-state index contributed by atoms with van der Waals surface area (Å²) in [7, 11) is 0. The minimum Gasteiger partial charge on any atom is -0.353 e. The van der Waals surface area contributed by atoms with E-state index < -0.39 is 0 Å². The number of hydrogen-bond donors (Lipinski definition) is 1. The maximum absolute atomic E-state index is 12.1. The lowest BCUT2D eigenvalue weighted by atomic mass is 10.0. The second-order valence-corrected chi connectivity index (χ2v) is 6.15. The monoisotopic (exact) mass is 294 g/mol. The fraction of sp³-hybridized carbons (Fsp3) is 0.562. The van der Waals surface area contributed by atoms with E-state index in [2.05, 4.69) is 24.1 Å². The van der Waals surface area contributed by atoms with Crippen LogP contribution in [0, 0.1) is 0 Å². The van der Waals surface area contributed by atoms with Crippen molar-refractivity contribution in [3.8, 4) is 0 Å². The number of carbonyl (C=O) groups excluding carboxylic acids is 1. The van der Waals surface area contributed by atoms with Crippen LogP contribution in [-0.4, -0.2) is 36.0 Å². The Hall–Kier alpha value is -1.06. The van der Waals surface area contributed by atoms with E-state index in [9.17, 15) is 4.79 Å². The molecule has 1 N–H and O–H groups in total. The quantitative estimate of drug-likeness (QED) is 0.926. The molecular formula is C16H23ClN2O. The molecule has 1 aliphatic rings. The molecule has 1 fully saturated rings. The molecule has 1 aromatic carbocycles. The topological polar surface area (TPSA) is 32.3 Å². The van der Waals surface area contributed by atoms with Gasteiger partial charge in [0.05, 0.1) is 6.42 Å². The fourth-order valence-electron chi connectivity index (χ4n) is 2.65. The molecule has 0 radical (unpaired) electrons. The number of halogens is 1. The third-order valence-corrected chi connectivity index (χ3v) is 4.30. The number of amides is 1. The molecule has 1 saturated heterocycles.